The number of rotatable bonds is 6. The smallest absolute Gasteiger partial charge is 0.343 e. The number of hydrogen-bond acceptors (Lipinski definition) is 5. The molecule has 7 nitrogen and oxygen atoms in total. The third-order valence-corrected chi connectivity index (χ3v) is 3.16. The van der Waals surface area contributed by atoms with Crippen molar-refractivity contribution in [3.8, 4) is 5.75 Å². The van der Waals surface area contributed by atoms with E-state index >= 15 is 0 Å². The normalized spacial score (nSPS) is 11.6. The number of nitrogens with zero attached hydrogens (tertiary/aromatic N) is 1. The first kappa shape index (κ1) is 16.4. The summed E-state index contributed by atoms with van der Waals surface area (Å²) in [4.78, 5) is 21.8. The van der Waals surface area contributed by atoms with Gasteiger partial charge in [0.15, 0.2) is 0 Å². The maximum Gasteiger partial charge on any atom is 0.343 e. The largest absolute Gasteiger partial charge is 0.497 e. The number of benzene rings is 2. The van der Waals surface area contributed by atoms with Gasteiger partial charge >= 0.3 is 5.97 Å². The molecule has 0 bridgehead atoms. The van der Waals surface area contributed by atoms with E-state index in [-0.39, 0.29) is 17.9 Å². The molecule has 0 saturated heterocycles. The number of non-ortho nitro benzene ring substituents is 1. The molecule has 23 heavy (non-hydrogen) atoms. The van der Waals surface area contributed by atoms with Crippen molar-refractivity contribution in [2.24, 2.45) is 0 Å². The van der Waals surface area contributed by atoms with E-state index in [1.807, 2.05) is 0 Å². The predicted molar refractivity (Wildman–Crippen MR) is 79.3 cm³/mol. The molecule has 1 radical (unpaired) electrons. The van der Waals surface area contributed by atoms with Crippen LogP contribution in [0.4, 0.5) is 5.69 Å². The number of methoxy groups -OCH3 is 1. The second-order valence-electron chi connectivity index (χ2n) is 4.68. The third kappa shape index (κ3) is 4.27. The number of carbonyl (C=O) groups is 1. The van der Waals surface area contributed by atoms with Crippen molar-refractivity contribution in [1.82, 2.24) is 0 Å². The Morgan fingerprint density at radius 3 is 2.26 bits per heavy atom. The maximum atomic E-state index is 12.0. The molecule has 2 aromatic rings. The highest BCUT2D eigenvalue weighted by Crippen LogP contribution is 2.20. The lowest BCUT2D eigenvalue weighted by Gasteiger charge is -2.10. The fourth-order valence-corrected chi connectivity index (χ4v) is 1.86. The zero-order valence-corrected chi connectivity index (χ0v) is 12.3. The van der Waals surface area contributed by atoms with E-state index in [1.165, 1.54) is 43.5 Å². The molecule has 119 valence electrons. The van der Waals surface area contributed by atoms with Gasteiger partial charge in [-0.05, 0) is 35.4 Å². The van der Waals surface area contributed by atoms with Crippen LogP contribution in [0.2, 0.25) is 0 Å². The highest BCUT2D eigenvalue weighted by Gasteiger charge is 2.21. The van der Waals surface area contributed by atoms with E-state index in [9.17, 15) is 20.0 Å². The Kier molecular flexibility index (Phi) is 5.27. The van der Waals surface area contributed by atoms with Gasteiger partial charge in [0.2, 0.25) is 6.10 Å². The first-order chi connectivity index (χ1) is 11.0. The van der Waals surface area contributed by atoms with Crippen LogP contribution in [0.5, 0.6) is 5.75 Å². The molecular formula is C16H14NO6. The predicted octanol–water partition coefficient (Wildman–Crippen LogP) is 2.82. The van der Waals surface area contributed by atoms with E-state index in [0.29, 0.717) is 11.3 Å². The molecule has 0 aliphatic rings. The van der Waals surface area contributed by atoms with Gasteiger partial charge in [0.25, 0.3) is 5.69 Å². The number of carbonyl (C=O) groups excluding carboxylic acids is 1. The number of nitro benzene ring substituents is 1. The zero-order valence-electron chi connectivity index (χ0n) is 12.3. The van der Waals surface area contributed by atoms with E-state index in [4.69, 9.17) is 9.47 Å². The molecule has 1 atom stereocenters. The van der Waals surface area contributed by atoms with Crippen molar-refractivity contribution in [3.63, 3.8) is 0 Å². The summed E-state index contributed by atoms with van der Waals surface area (Å²) < 4.78 is 9.92. The second kappa shape index (κ2) is 7.37. The minimum Gasteiger partial charge on any atom is -0.497 e. The van der Waals surface area contributed by atoms with Crippen LogP contribution in [0.15, 0.2) is 48.5 Å². The molecule has 0 heterocycles. The summed E-state index contributed by atoms with van der Waals surface area (Å²) in [6.07, 6.45) is -1.65. The average Bonchev–Trinajstić information content (AvgIpc) is 2.59. The fourth-order valence-electron chi connectivity index (χ4n) is 1.86. The first-order valence-corrected chi connectivity index (χ1v) is 6.71. The van der Waals surface area contributed by atoms with Gasteiger partial charge in [-0.1, -0.05) is 12.1 Å². The maximum absolute atomic E-state index is 12.0. The number of esters is 1. The standard InChI is InChI=1S/C16H14NO6/c1-22-14-8-4-12(5-9-14)15(18)16(19)23-10-11-2-6-13(7-3-11)17(20)21/h2-9,15H,10H2,1H3. The molecule has 0 spiro atoms. The van der Waals surface area contributed by atoms with Crippen molar-refractivity contribution >= 4 is 11.7 Å². The number of ether oxygens (including phenoxy) is 2. The van der Waals surface area contributed by atoms with Crippen LogP contribution in [0.25, 0.3) is 0 Å². The monoisotopic (exact) mass is 316 g/mol. The van der Waals surface area contributed by atoms with Crippen LogP contribution < -0.4 is 4.74 Å². The van der Waals surface area contributed by atoms with Gasteiger partial charge in [-0.25, -0.2) is 9.90 Å². The molecule has 0 saturated carbocycles. The topological polar surface area (TPSA) is 98.6 Å². The van der Waals surface area contributed by atoms with E-state index in [0.717, 1.165) is 0 Å². The summed E-state index contributed by atoms with van der Waals surface area (Å²) in [6, 6.07) is 11.7. The van der Waals surface area contributed by atoms with E-state index in [1.54, 1.807) is 12.1 Å². The minimum absolute atomic E-state index is 0.0555. The summed E-state index contributed by atoms with van der Waals surface area (Å²) in [5.41, 5.74) is 0.783. The van der Waals surface area contributed by atoms with Crippen LogP contribution in [0.3, 0.4) is 0 Å². The lowest BCUT2D eigenvalue weighted by molar-refractivity contribution is -0.384. The Morgan fingerprint density at radius 1 is 1.13 bits per heavy atom. The molecule has 0 aromatic heterocycles. The third-order valence-electron chi connectivity index (χ3n) is 3.16. The molecule has 0 fully saturated rings. The highest BCUT2D eigenvalue weighted by atomic mass is 16.6. The molecule has 0 amide bonds. The molecule has 2 aromatic carbocycles. The Morgan fingerprint density at radius 2 is 1.74 bits per heavy atom. The van der Waals surface area contributed by atoms with Crippen LogP contribution in [-0.4, -0.2) is 18.0 Å². The molecule has 0 aliphatic heterocycles. The summed E-state index contributed by atoms with van der Waals surface area (Å²) in [6.45, 7) is -0.119. The van der Waals surface area contributed by atoms with Crippen molar-refractivity contribution in [2.45, 2.75) is 12.7 Å². The minimum atomic E-state index is -1.65. The second-order valence-corrected chi connectivity index (χ2v) is 4.68. The quantitative estimate of drug-likeness (QED) is 0.463. The Labute approximate surface area is 132 Å². The van der Waals surface area contributed by atoms with Crippen molar-refractivity contribution < 1.29 is 24.3 Å². The van der Waals surface area contributed by atoms with Gasteiger partial charge in [-0.15, -0.1) is 0 Å². The highest BCUT2D eigenvalue weighted by molar-refractivity contribution is 5.76. The molecular weight excluding hydrogens is 302 g/mol. The van der Waals surface area contributed by atoms with Crippen LogP contribution in [0.1, 0.15) is 17.2 Å². The van der Waals surface area contributed by atoms with E-state index in [2.05, 4.69) is 0 Å². The molecule has 0 aliphatic carbocycles. The summed E-state index contributed by atoms with van der Waals surface area (Å²) >= 11 is 0. The molecule has 1 unspecified atom stereocenters. The van der Waals surface area contributed by atoms with Crippen LogP contribution in [-0.2, 0) is 21.2 Å². The Balaban J connectivity index is 1.93. The Hall–Kier alpha value is -2.93. The van der Waals surface area contributed by atoms with Crippen molar-refractivity contribution in [2.75, 3.05) is 7.11 Å². The van der Waals surface area contributed by atoms with Gasteiger partial charge in [0, 0.05) is 12.1 Å². The SMILES string of the molecule is COc1ccc(C([O])C(=O)OCc2ccc([N+](=O)[O-])cc2)cc1. The fraction of sp³-hybridized carbons (Fsp3) is 0.188. The van der Waals surface area contributed by atoms with Gasteiger partial charge in [0.1, 0.15) is 12.4 Å². The van der Waals surface area contributed by atoms with Crippen molar-refractivity contribution in [3.05, 3.63) is 69.8 Å². The molecule has 2 rings (SSSR count). The van der Waals surface area contributed by atoms with E-state index < -0.39 is 17.0 Å². The number of nitro groups is 1. The van der Waals surface area contributed by atoms with Crippen molar-refractivity contribution in [1.29, 1.82) is 0 Å². The first-order valence-electron chi connectivity index (χ1n) is 6.71. The van der Waals surface area contributed by atoms with Crippen LogP contribution in [0, 0.1) is 10.1 Å². The lowest BCUT2D eigenvalue weighted by atomic mass is 10.1. The number of hydrogen-bond donors (Lipinski definition) is 0. The average molecular weight is 316 g/mol. The molecule has 0 N–H and O–H groups in total. The van der Waals surface area contributed by atoms with Gasteiger partial charge in [0.05, 0.1) is 12.0 Å². The lowest BCUT2D eigenvalue weighted by Crippen LogP contribution is -2.14. The summed E-state index contributed by atoms with van der Waals surface area (Å²) in [5.74, 6) is -0.325. The Bertz CT molecular complexity index is 681. The summed E-state index contributed by atoms with van der Waals surface area (Å²) in [7, 11) is 1.50. The van der Waals surface area contributed by atoms with Crippen LogP contribution >= 0.6 is 0 Å². The van der Waals surface area contributed by atoms with Gasteiger partial charge < -0.3 is 9.47 Å². The zero-order chi connectivity index (χ0) is 16.8. The van der Waals surface area contributed by atoms with Gasteiger partial charge in [-0.3, -0.25) is 10.1 Å². The molecule has 7 heteroatoms. The summed E-state index contributed by atoms with van der Waals surface area (Å²) in [5, 5.41) is 22.5. The van der Waals surface area contributed by atoms with Gasteiger partial charge in [-0.2, -0.15) is 0 Å².